The first-order chi connectivity index (χ1) is 10.6. The van der Waals surface area contributed by atoms with E-state index in [9.17, 15) is 13.6 Å². The van der Waals surface area contributed by atoms with Gasteiger partial charge in [-0.1, -0.05) is 6.08 Å². The fraction of sp³-hybridized carbons (Fsp3) is 0.267. The number of halogens is 2. The molecule has 7 heteroatoms. The molecule has 0 radical (unpaired) electrons. The van der Waals surface area contributed by atoms with Crippen molar-refractivity contribution in [3.63, 3.8) is 0 Å². The molecule has 2 heterocycles. The van der Waals surface area contributed by atoms with Crippen molar-refractivity contribution in [2.24, 2.45) is 7.05 Å². The van der Waals surface area contributed by atoms with Gasteiger partial charge >= 0.3 is 0 Å². The van der Waals surface area contributed by atoms with Crippen LogP contribution in [0.25, 0.3) is 10.9 Å². The maximum atomic E-state index is 14.6. The van der Waals surface area contributed by atoms with Crippen molar-refractivity contribution in [1.82, 2.24) is 20.5 Å². The van der Waals surface area contributed by atoms with Crippen LogP contribution >= 0.6 is 0 Å². The molecule has 1 aromatic heterocycles. The molecule has 22 heavy (non-hydrogen) atoms. The zero-order valence-corrected chi connectivity index (χ0v) is 12.0. The van der Waals surface area contributed by atoms with Crippen LogP contribution in [0.2, 0.25) is 0 Å². The van der Waals surface area contributed by atoms with Gasteiger partial charge in [0, 0.05) is 38.0 Å². The molecule has 1 unspecified atom stereocenters. The average Bonchev–Trinajstić information content (AvgIpc) is 2.51. The molecule has 0 bridgehead atoms. The fourth-order valence-corrected chi connectivity index (χ4v) is 2.49. The topological polar surface area (TPSA) is 58.1 Å². The molecular formula is C15H16F2N4O. The van der Waals surface area contributed by atoms with E-state index in [-0.39, 0.29) is 29.3 Å². The Bertz CT molecular complexity index is 800. The molecule has 5 nitrogen and oxygen atoms in total. The second kappa shape index (κ2) is 5.86. The highest BCUT2D eigenvalue weighted by Crippen LogP contribution is 2.21. The molecule has 3 rings (SSSR count). The minimum atomic E-state index is -0.729. The first-order valence-corrected chi connectivity index (χ1v) is 6.92. The number of fused-ring (bicyclic) bond motifs is 1. The van der Waals surface area contributed by atoms with Crippen molar-refractivity contribution < 1.29 is 8.78 Å². The lowest BCUT2D eigenvalue weighted by Crippen LogP contribution is -2.52. The second-order valence-electron chi connectivity index (χ2n) is 5.13. The summed E-state index contributed by atoms with van der Waals surface area (Å²) in [6.07, 6.45) is 4.87. The Morgan fingerprint density at radius 1 is 1.45 bits per heavy atom. The van der Waals surface area contributed by atoms with E-state index in [1.165, 1.54) is 16.8 Å². The van der Waals surface area contributed by atoms with Gasteiger partial charge in [0.1, 0.15) is 12.1 Å². The maximum Gasteiger partial charge on any atom is 0.189 e. The SMILES string of the molecule is Cn1ccc(=O)c2cc(F)c(CNC3NC=CCN3)c(F)c21. The summed E-state index contributed by atoms with van der Waals surface area (Å²) in [5, 5.41) is 9.08. The van der Waals surface area contributed by atoms with Crippen molar-refractivity contribution in [2.45, 2.75) is 12.8 Å². The molecule has 1 aliphatic heterocycles. The van der Waals surface area contributed by atoms with Crippen molar-refractivity contribution in [3.8, 4) is 0 Å². The minimum absolute atomic E-state index is 0.00476. The van der Waals surface area contributed by atoms with Crippen LogP contribution in [-0.2, 0) is 13.6 Å². The predicted molar refractivity (Wildman–Crippen MR) is 80.0 cm³/mol. The van der Waals surface area contributed by atoms with Crippen LogP contribution in [0.4, 0.5) is 8.78 Å². The maximum absolute atomic E-state index is 14.6. The molecular weight excluding hydrogens is 290 g/mol. The Morgan fingerprint density at radius 3 is 3.00 bits per heavy atom. The summed E-state index contributed by atoms with van der Waals surface area (Å²) in [5.41, 5.74) is -0.381. The third kappa shape index (κ3) is 2.60. The van der Waals surface area contributed by atoms with Crippen molar-refractivity contribution in [3.05, 3.63) is 58.0 Å². The molecule has 0 fully saturated rings. The van der Waals surface area contributed by atoms with Gasteiger partial charge < -0.3 is 9.88 Å². The van der Waals surface area contributed by atoms with Gasteiger partial charge in [0.05, 0.1) is 10.9 Å². The number of pyridine rings is 1. The Labute approximate surface area is 125 Å². The van der Waals surface area contributed by atoms with Crippen LogP contribution in [0.5, 0.6) is 0 Å². The van der Waals surface area contributed by atoms with Crippen LogP contribution in [0.1, 0.15) is 5.56 Å². The quantitative estimate of drug-likeness (QED) is 0.788. The van der Waals surface area contributed by atoms with E-state index in [0.29, 0.717) is 6.54 Å². The standard InChI is InChI=1S/C15H16F2N4O/c1-21-6-3-12(22)9-7-11(16)10(13(17)14(9)21)8-20-15-18-4-2-5-19-15/h2-4,6-7,15,18-20H,5,8H2,1H3. The first kappa shape index (κ1) is 14.7. The van der Waals surface area contributed by atoms with Crippen LogP contribution in [-0.4, -0.2) is 17.4 Å². The van der Waals surface area contributed by atoms with Crippen LogP contribution in [0.15, 0.2) is 35.4 Å². The monoisotopic (exact) mass is 306 g/mol. The molecule has 0 saturated heterocycles. The summed E-state index contributed by atoms with van der Waals surface area (Å²) in [5.74, 6) is -1.44. The minimum Gasteiger partial charge on any atom is -0.364 e. The summed E-state index contributed by atoms with van der Waals surface area (Å²) < 4.78 is 30.3. The fourth-order valence-electron chi connectivity index (χ4n) is 2.49. The van der Waals surface area contributed by atoms with E-state index in [2.05, 4.69) is 16.0 Å². The Balaban J connectivity index is 1.97. The molecule has 1 aliphatic rings. The number of hydrogen-bond donors (Lipinski definition) is 3. The van der Waals surface area contributed by atoms with Crippen molar-refractivity contribution >= 4 is 10.9 Å². The third-order valence-corrected chi connectivity index (χ3v) is 3.66. The number of rotatable bonds is 3. The van der Waals surface area contributed by atoms with E-state index in [1.807, 2.05) is 6.08 Å². The number of nitrogens with zero attached hydrogens (tertiary/aromatic N) is 1. The van der Waals surface area contributed by atoms with Crippen molar-refractivity contribution in [2.75, 3.05) is 6.54 Å². The molecule has 0 saturated carbocycles. The largest absolute Gasteiger partial charge is 0.364 e. The van der Waals surface area contributed by atoms with Gasteiger partial charge in [0.15, 0.2) is 11.2 Å². The summed E-state index contributed by atoms with van der Waals surface area (Å²) in [4.78, 5) is 11.8. The molecule has 0 aliphatic carbocycles. The smallest absolute Gasteiger partial charge is 0.189 e. The molecule has 0 spiro atoms. The van der Waals surface area contributed by atoms with E-state index in [4.69, 9.17) is 0 Å². The zero-order valence-electron chi connectivity index (χ0n) is 12.0. The Hall–Kier alpha value is -2.25. The summed E-state index contributed by atoms with van der Waals surface area (Å²) in [6.45, 7) is 0.664. The lowest BCUT2D eigenvalue weighted by atomic mass is 10.1. The highest BCUT2D eigenvalue weighted by atomic mass is 19.1. The van der Waals surface area contributed by atoms with Gasteiger partial charge in [0.25, 0.3) is 0 Å². The van der Waals surface area contributed by atoms with Gasteiger partial charge in [-0.05, 0) is 12.3 Å². The van der Waals surface area contributed by atoms with Crippen molar-refractivity contribution in [1.29, 1.82) is 0 Å². The van der Waals surface area contributed by atoms with E-state index < -0.39 is 17.1 Å². The lowest BCUT2D eigenvalue weighted by Gasteiger charge is -2.23. The number of benzene rings is 1. The zero-order chi connectivity index (χ0) is 15.7. The van der Waals surface area contributed by atoms with Gasteiger partial charge in [-0.3, -0.25) is 15.4 Å². The Morgan fingerprint density at radius 2 is 2.27 bits per heavy atom. The summed E-state index contributed by atoms with van der Waals surface area (Å²) in [6, 6.07) is 2.39. The second-order valence-corrected chi connectivity index (χ2v) is 5.13. The van der Waals surface area contributed by atoms with Crippen LogP contribution in [0, 0.1) is 11.6 Å². The van der Waals surface area contributed by atoms with E-state index in [0.717, 1.165) is 6.07 Å². The van der Waals surface area contributed by atoms with Gasteiger partial charge in [-0.25, -0.2) is 8.78 Å². The van der Waals surface area contributed by atoms with E-state index >= 15 is 0 Å². The number of aromatic nitrogens is 1. The number of hydrogen-bond acceptors (Lipinski definition) is 4. The third-order valence-electron chi connectivity index (χ3n) is 3.66. The van der Waals surface area contributed by atoms with Crippen LogP contribution in [0.3, 0.4) is 0 Å². The summed E-state index contributed by atoms with van der Waals surface area (Å²) in [7, 11) is 1.62. The van der Waals surface area contributed by atoms with Crippen LogP contribution < -0.4 is 21.4 Å². The lowest BCUT2D eigenvalue weighted by molar-refractivity contribution is 0.383. The van der Waals surface area contributed by atoms with Gasteiger partial charge in [-0.15, -0.1) is 0 Å². The Kier molecular flexibility index (Phi) is 3.91. The van der Waals surface area contributed by atoms with Gasteiger partial charge in [-0.2, -0.15) is 0 Å². The first-order valence-electron chi connectivity index (χ1n) is 6.92. The average molecular weight is 306 g/mol. The molecule has 116 valence electrons. The summed E-state index contributed by atoms with van der Waals surface area (Å²) >= 11 is 0. The normalized spacial score (nSPS) is 17.7. The molecule has 0 amide bonds. The van der Waals surface area contributed by atoms with Gasteiger partial charge in [0.2, 0.25) is 0 Å². The molecule has 1 atom stereocenters. The highest BCUT2D eigenvalue weighted by Gasteiger charge is 2.18. The number of nitrogens with one attached hydrogen (secondary N) is 3. The highest BCUT2D eigenvalue weighted by molar-refractivity contribution is 5.80. The predicted octanol–water partition coefficient (Wildman–Crippen LogP) is 0.896. The molecule has 1 aromatic carbocycles. The molecule has 3 N–H and O–H groups in total. The number of aryl methyl sites for hydroxylation is 1. The van der Waals surface area contributed by atoms with E-state index in [1.54, 1.807) is 13.2 Å². The molecule has 2 aromatic rings.